The fraction of sp³-hybridized carbons (Fsp3) is 0.683. The summed E-state index contributed by atoms with van der Waals surface area (Å²) < 4.78 is 92.3. The van der Waals surface area contributed by atoms with Crippen LogP contribution in [0.15, 0.2) is 91.0 Å². The molecule has 0 radical (unpaired) electrons. The number of amides is 3. The maximum absolute atomic E-state index is 15.6. The van der Waals surface area contributed by atoms with Crippen molar-refractivity contribution in [2.24, 2.45) is 5.73 Å². The monoisotopic (exact) mass is 2060 g/mol. The van der Waals surface area contributed by atoms with E-state index in [2.05, 4.69) is 85.2 Å². The molecule has 0 saturated heterocycles. The van der Waals surface area contributed by atoms with E-state index in [0.29, 0.717) is 136 Å². The maximum atomic E-state index is 15.6. The fourth-order valence-corrected chi connectivity index (χ4v) is 16.4. The molecule has 0 spiro atoms. The van der Waals surface area contributed by atoms with Crippen LogP contribution in [0.1, 0.15) is 405 Å². The molecule has 0 heterocycles. The summed E-state index contributed by atoms with van der Waals surface area (Å²) in [6.07, 6.45) is 39.5. The second-order valence-corrected chi connectivity index (χ2v) is 38.7. The Kier molecular flexibility index (Phi) is 72.4. The molecule has 0 fully saturated rings. The topological polar surface area (TPSA) is 337 Å². The van der Waals surface area contributed by atoms with E-state index in [9.17, 15) is 28.8 Å². The van der Waals surface area contributed by atoms with Crippen LogP contribution in [-0.2, 0) is 94.1 Å². The van der Waals surface area contributed by atoms with Gasteiger partial charge in [0.05, 0.1) is 105 Å². The van der Waals surface area contributed by atoms with Crippen LogP contribution >= 0.6 is 0 Å². The molecule has 3 amide bonds. The highest BCUT2D eigenvalue weighted by atomic mass is 16.6. The van der Waals surface area contributed by atoms with Crippen molar-refractivity contribution in [2.75, 3.05) is 99.1 Å². The minimum absolute atomic E-state index is 0.00593. The van der Waals surface area contributed by atoms with Crippen LogP contribution < -0.4 is 69.1 Å². The Morgan fingerprint density at radius 1 is 0.211 bits per heavy atom. The van der Waals surface area contributed by atoms with Crippen molar-refractivity contribution in [1.29, 1.82) is 0 Å². The summed E-state index contributed by atoms with van der Waals surface area (Å²) in [6, 6.07) is 22.1. The van der Waals surface area contributed by atoms with E-state index < -0.39 is 104 Å². The van der Waals surface area contributed by atoms with Crippen molar-refractivity contribution in [2.45, 2.75) is 434 Å². The minimum Gasteiger partial charge on any atom is -0.490 e. The fourth-order valence-electron chi connectivity index (χ4n) is 16.4. The third-order valence-electron chi connectivity index (χ3n) is 25.6. The predicted octanol–water partition coefficient (Wildman–Crippen LogP) is 25.4. The third-order valence-corrected chi connectivity index (χ3v) is 25.6. The SMILES string of the molecule is CCCCCCOc1ccc(CCOC(=O)CC[C@H](NC(=O)[C@H](CCC(=O)OCCc2ccc(OCCCCCC)c(OCCCCCC)c2)NC(=O)[C@@H](N)CCC(=O)OCCc2ccc(OCCCCCC)c(OCCCCCC)c2)C(=O)N[C@@H](CCC(=O)OCCc2ccc(OCCCCCC)c(OCCCCCC)c2)C(=O)OCCc2ccc(OCCCCCC)c(OCCCCCC)c2)cc1OCCCCCC. The molecule has 147 heavy (non-hydrogen) atoms. The van der Waals surface area contributed by atoms with Gasteiger partial charge in [-0.05, 0) is 178 Å². The van der Waals surface area contributed by atoms with Crippen LogP contribution in [0.2, 0.25) is 0 Å². The Morgan fingerprint density at radius 2 is 0.395 bits per heavy atom. The minimum atomic E-state index is -1.69. The summed E-state index contributed by atoms with van der Waals surface area (Å²) in [4.78, 5) is 117. The molecule has 5 aromatic rings. The summed E-state index contributed by atoms with van der Waals surface area (Å²) in [5.41, 5.74) is 10.7. The van der Waals surface area contributed by atoms with Gasteiger partial charge < -0.3 is 92.7 Å². The van der Waals surface area contributed by atoms with E-state index in [-0.39, 0.29) is 71.6 Å². The number of rotatable bonds is 94. The zero-order chi connectivity index (χ0) is 106. The van der Waals surface area contributed by atoms with Gasteiger partial charge >= 0.3 is 29.8 Å². The first-order valence-electron chi connectivity index (χ1n) is 57.2. The highest BCUT2D eigenvalue weighted by Gasteiger charge is 2.34. The Labute approximate surface area is 882 Å². The smallest absolute Gasteiger partial charge is 0.328 e. The number of unbranched alkanes of at least 4 members (excludes halogenated alkanes) is 30. The van der Waals surface area contributed by atoms with Crippen LogP contribution in [-0.4, -0.2) is 171 Å². The third kappa shape index (κ3) is 59.1. The molecule has 4 atom stereocenters. The number of nitrogens with one attached hydrogen (secondary N) is 3. The zero-order valence-electron chi connectivity index (χ0n) is 92.0. The molecule has 0 aliphatic carbocycles. The summed E-state index contributed by atoms with van der Waals surface area (Å²) >= 11 is 0. The van der Waals surface area contributed by atoms with E-state index in [1.165, 1.54) is 0 Å². The van der Waals surface area contributed by atoms with Gasteiger partial charge in [-0.15, -0.1) is 0 Å². The van der Waals surface area contributed by atoms with Gasteiger partial charge in [0.1, 0.15) is 18.1 Å². The molecular weight excluding hydrogens is 1870 g/mol. The van der Waals surface area contributed by atoms with Crippen molar-refractivity contribution in [3.63, 3.8) is 0 Å². The number of hydrogen-bond donors (Lipinski definition) is 4. The molecule has 0 aromatic heterocycles. The average molecular weight is 2060 g/mol. The van der Waals surface area contributed by atoms with Crippen molar-refractivity contribution < 1.29 is 109 Å². The Hall–Kier alpha value is -10.2. The van der Waals surface area contributed by atoms with E-state index in [0.717, 1.165) is 285 Å². The molecule has 0 aliphatic rings. The number of carbonyl (C=O) groups is 8. The van der Waals surface area contributed by atoms with Gasteiger partial charge in [-0.3, -0.25) is 33.6 Å². The lowest BCUT2D eigenvalue weighted by Crippen LogP contribution is -2.57. The number of ether oxygens (including phenoxy) is 15. The number of hydrogen-bond acceptors (Lipinski definition) is 24. The maximum Gasteiger partial charge on any atom is 0.328 e. The van der Waals surface area contributed by atoms with Crippen LogP contribution in [0.25, 0.3) is 0 Å². The largest absolute Gasteiger partial charge is 0.490 e. The first kappa shape index (κ1) is 127. The van der Waals surface area contributed by atoms with Crippen molar-refractivity contribution >= 4 is 47.6 Å². The van der Waals surface area contributed by atoms with E-state index >= 15 is 9.59 Å². The first-order chi connectivity index (χ1) is 71.8. The first-order valence-corrected chi connectivity index (χ1v) is 57.2. The summed E-state index contributed by atoms with van der Waals surface area (Å²) in [6.45, 7) is 26.4. The van der Waals surface area contributed by atoms with Crippen molar-refractivity contribution in [1.82, 2.24) is 16.0 Å². The van der Waals surface area contributed by atoms with Gasteiger partial charge in [0.25, 0.3) is 0 Å². The summed E-state index contributed by atoms with van der Waals surface area (Å²) in [5.74, 6) is -0.442. The molecule has 27 nitrogen and oxygen atoms in total. The molecule has 27 heteroatoms. The van der Waals surface area contributed by atoms with Gasteiger partial charge in [0.2, 0.25) is 17.7 Å². The van der Waals surface area contributed by atoms with E-state index in [1.54, 1.807) is 0 Å². The van der Waals surface area contributed by atoms with Crippen LogP contribution in [0, 0.1) is 0 Å². The quantitative estimate of drug-likeness (QED) is 0.0160. The lowest BCUT2D eigenvalue weighted by molar-refractivity contribution is -0.150. The van der Waals surface area contributed by atoms with E-state index in [1.807, 2.05) is 91.0 Å². The average Bonchev–Trinajstić information content (AvgIpc) is 0.883. The highest BCUT2D eigenvalue weighted by Crippen LogP contribution is 2.36. The highest BCUT2D eigenvalue weighted by molar-refractivity contribution is 5.95. The van der Waals surface area contributed by atoms with Gasteiger partial charge in [-0.1, -0.05) is 292 Å². The van der Waals surface area contributed by atoms with Crippen molar-refractivity contribution in [3.05, 3.63) is 119 Å². The zero-order valence-corrected chi connectivity index (χ0v) is 92.0. The molecule has 0 bridgehead atoms. The van der Waals surface area contributed by atoms with Gasteiger partial charge in [0.15, 0.2) is 57.5 Å². The number of esters is 5. The number of carbonyl (C=O) groups excluding carboxylic acids is 8. The van der Waals surface area contributed by atoms with Gasteiger partial charge in [-0.2, -0.15) is 0 Å². The Bertz CT molecular complexity index is 4350. The van der Waals surface area contributed by atoms with Crippen LogP contribution in [0.5, 0.6) is 57.5 Å². The molecule has 5 aromatic carbocycles. The molecule has 5 rings (SSSR count). The molecule has 5 N–H and O–H groups in total. The lowest BCUT2D eigenvalue weighted by Gasteiger charge is -2.25. The van der Waals surface area contributed by atoms with Crippen LogP contribution in [0.3, 0.4) is 0 Å². The molecule has 0 unspecified atom stereocenters. The van der Waals surface area contributed by atoms with Gasteiger partial charge in [-0.25, -0.2) is 4.79 Å². The normalized spacial score (nSPS) is 12.0. The summed E-state index contributed by atoms with van der Waals surface area (Å²) in [5, 5.41) is 8.25. The predicted molar refractivity (Wildman–Crippen MR) is 583 cm³/mol. The second kappa shape index (κ2) is 83.6. The molecular formula is C120H190N4O23. The molecule has 0 aliphatic heterocycles. The Balaban J connectivity index is 1.52. The standard InChI is InChI=1S/C120H190N4O23/c1-11-21-31-41-74-133-103-60-51-94(89-108(103)138-79-46-36-26-16-6)69-84-143-113(125)65-56-99(121)117(129)122-100(57-66-114(126)144-85-70-95-52-61-104(134-75-42-32-22-12-2)109(90-95)139-80-47-37-27-17-7)118(130)123-101(58-67-115(127)145-86-71-96-53-62-105(135-76-43-33-23-13-3)110(91-96)140-81-48-38-28-18-8)119(131)124-102(120(132)147-88-73-98-55-64-107(137-78-45-35-25-15-5)112(93-98)142-83-50-40-30-20-10)59-68-116(128)146-87-72-97-54-63-106(136-77-44-34-24-14-4)111(92-97)141-82-49-39-29-19-9/h51-55,60-64,89-93,99-102H,11-50,56-59,65-88,121H2,1-10H3,(H,122,129)(H,123,130)(H,124,131)/t99-,100-,101-,102-/m0/s1. The molecule has 0 saturated carbocycles. The van der Waals surface area contributed by atoms with Crippen molar-refractivity contribution in [3.8, 4) is 57.5 Å². The van der Waals surface area contributed by atoms with E-state index in [4.69, 9.17) is 76.8 Å². The second-order valence-electron chi connectivity index (χ2n) is 38.7. The molecule has 828 valence electrons. The Morgan fingerprint density at radius 3 is 0.612 bits per heavy atom. The number of benzene rings is 5. The van der Waals surface area contributed by atoms with Gasteiger partial charge in [0, 0.05) is 57.8 Å². The van der Waals surface area contributed by atoms with Crippen LogP contribution in [0.4, 0.5) is 0 Å². The lowest BCUT2D eigenvalue weighted by atomic mass is 10.0. The summed E-state index contributed by atoms with van der Waals surface area (Å²) in [7, 11) is 0. The number of nitrogens with two attached hydrogens (primary N) is 1.